The van der Waals surface area contributed by atoms with Crippen molar-refractivity contribution in [3.63, 3.8) is 0 Å². The zero-order valence-corrected chi connectivity index (χ0v) is 34.2. The highest BCUT2D eigenvalue weighted by atomic mass is 32.2. The topological polar surface area (TPSA) is 71.1 Å². The first-order valence-electron chi connectivity index (χ1n) is 17.3. The van der Waals surface area contributed by atoms with Crippen LogP contribution in [-0.2, 0) is 27.9 Å². The summed E-state index contributed by atoms with van der Waals surface area (Å²) in [7, 11) is -2.69. The van der Waals surface area contributed by atoms with Crippen LogP contribution in [0.15, 0.2) is 22.8 Å². The molecule has 0 amide bonds. The summed E-state index contributed by atoms with van der Waals surface area (Å²) in [5.74, 6) is 1.74. The number of hydrogen-bond donors (Lipinski definition) is 0. The van der Waals surface area contributed by atoms with Crippen LogP contribution in [0.25, 0.3) is 0 Å². The lowest BCUT2D eigenvalue weighted by Gasteiger charge is -2.40. The lowest BCUT2D eigenvalue weighted by atomic mass is 9.96. The average Bonchev–Trinajstić information content (AvgIpc) is 3.20. The molecule has 0 aromatic heterocycles. The van der Waals surface area contributed by atoms with E-state index in [9.17, 15) is 9.59 Å². The van der Waals surface area contributed by atoms with E-state index in [1.165, 1.54) is 33.3 Å². The maximum absolute atomic E-state index is 12.3. The Morgan fingerprint density at radius 1 is 0.978 bits per heavy atom. The number of carbonyl (C=O) groups is 2. The van der Waals surface area contributed by atoms with Crippen LogP contribution in [0.2, 0.25) is 36.3 Å². The summed E-state index contributed by atoms with van der Waals surface area (Å²) in [5, 5.41) is 0.172. The highest BCUT2D eigenvalue weighted by Crippen LogP contribution is 2.47. The minimum absolute atomic E-state index is 0.00925. The highest BCUT2D eigenvalue weighted by Gasteiger charge is 2.45. The minimum Gasteiger partial charge on any atom is -0.469 e. The van der Waals surface area contributed by atoms with E-state index in [1.807, 2.05) is 0 Å². The van der Waals surface area contributed by atoms with E-state index in [2.05, 4.69) is 93.7 Å². The number of thioether (sulfide) groups is 1. The van der Waals surface area contributed by atoms with Crippen molar-refractivity contribution in [2.24, 2.45) is 11.8 Å². The zero-order chi connectivity index (χ0) is 34.6. The van der Waals surface area contributed by atoms with Gasteiger partial charge in [-0.3, -0.25) is 9.59 Å². The van der Waals surface area contributed by atoms with Crippen molar-refractivity contribution in [1.82, 2.24) is 0 Å². The molecule has 9 heteroatoms. The summed E-state index contributed by atoms with van der Waals surface area (Å²) >= 11 is 1.78. The lowest BCUT2D eigenvalue weighted by molar-refractivity contribution is -0.140. The van der Waals surface area contributed by atoms with Gasteiger partial charge in [0.05, 0.1) is 19.3 Å². The van der Waals surface area contributed by atoms with E-state index in [1.54, 1.807) is 11.8 Å². The molecule has 1 aliphatic carbocycles. The molecule has 0 spiro atoms. The van der Waals surface area contributed by atoms with Gasteiger partial charge in [0.1, 0.15) is 5.76 Å². The van der Waals surface area contributed by atoms with Gasteiger partial charge >= 0.3 is 11.9 Å². The summed E-state index contributed by atoms with van der Waals surface area (Å²) in [4.78, 5) is 24.9. The molecule has 0 saturated heterocycles. The van der Waals surface area contributed by atoms with Crippen LogP contribution in [0.3, 0.4) is 0 Å². The van der Waals surface area contributed by atoms with Crippen molar-refractivity contribution in [3.05, 3.63) is 22.8 Å². The van der Waals surface area contributed by atoms with Crippen molar-refractivity contribution in [2.45, 2.75) is 169 Å². The van der Waals surface area contributed by atoms with Crippen LogP contribution in [0.4, 0.5) is 0 Å². The van der Waals surface area contributed by atoms with Gasteiger partial charge in [-0.15, -0.1) is 11.8 Å². The van der Waals surface area contributed by atoms with Crippen LogP contribution in [0.5, 0.6) is 0 Å². The SMILES string of the molecule is CCCC[C@@H](C)C[C@@H](/C=C/[C@@H]1C(SCCCCCC(=O)OC)=C(OC(C)=O)C[C@H]1O[Si](C)(C)C(C)(C)C)O[Si](C)(C)C(C)(C)C. The summed E-state index contributed by atoms with van der Waals surface area (Å²) in [6.07, 6.45) is 13.0. The Morgan fingerprint density at radius 2 is 1.60 bits per heavy atom. The molecule has 4 atom stereocenters. The molecule has 0 saturated carbocycles. The fourth-order valence-electron chi connectivity index (χ4n) is 4.95. The molecule has 6 nitrogen and oxygen atoms in total. The van der Waals surface area contributed by atoms with E-state index in [-0.39, 0.29) is 40.1 Å². The first-order chi connectivity index (χ1) is 20.6. The van der Waals surface area contributed by atoms with E-state index >= 15 is 0 Å². The third kappa shape index (κ3) is 14.4. The normalized spacial score (nSPS) is 19.7. The summed E-state index contributed by atoms with van der Waals surface area (Å²) in [5.41, 5.74) is 0. The molecule has 1 rings (SSSR count). The molecule has 0 fully saturated rings. The van der Waals surface area contributed by atoms with Gasteiger partial charge in [-0.1, -0.05) is 93.2 Å². The quantitative estimate of drug-likeness (QED) is 0.0580. The molecule has 0 radical (unpaired) electrons. The maximum Gasteiger partial charge on any atom is 0.307 e. The zero-order valence-electron chi connectivity index (χ0n) is 31.4. The van der Waals surface area contributed by atoms with Gasteiger partial charge < -0.3 is 18.3 Å². The van der Waals surface area contributed by atoms with Crippen molar-refractivity contribution >= 4 is 40.3 Å². The van der Waals surface area contributed by atoms with Crippen LogP contribution in [0.1, 0.15) is 120 Å². The van der Waals surface area contributed by atoms with Gasteiger partial charge in [-0.05, 0) is 67.2 Å². The Morgan fingerprint density at radius 3 is 2.13 bits per heavy atom. The van der Waals surface area contributed by atoms with E-state index in [0.717, 1.165) is 42.1 Å². The fraction of sp³-hybridized carbons (Fsp3) is 0.833. The number of methoxy groups -OCH3 is 1. The predicted octanol–water partition coefficient (Wildman–Crippen LogP) is 10.8. The second-order valence-electron chi connectivity index (χ2n) is 16.0. The van der Waals surface area contributed by atoms with Gasteiger partial charge in [-0.2, -0.15) is 0 Å². The summed E-state index contributed by atoms with van der Waals surface area (Å²) < 4.78 is 24.8. The first-order valence-corrected chi connectivity index (χ1v) is 24.1. The number of rotatable bonds is 19. The Balaban J connectivity index is 3.45. The largest absolute Gasteiger partial charge is 0.469 e. The first kappa shape index (κ1) is 42.1. The van der Waals surface area contributed by atoms with E-state index in [0.29, 0.717) is 18.8 Å². The van der Waals surface area contributed by atoms with E-state index in [4.69, 9.17) is 18.3 Å². The molecule has 0 N–H and O–H groups in total. The molecular formula is C36H68O6SSi2. The second kappa shape index (κ2) is 18.6. The number of unbranched alkanes of at least 4 members (excludes halogenated alkanes) is 3. The van der Waals surface area contributed by atoms with Gasteiger partial charge in [0.2, 0.25) is 0 Å². The number of esters is 2. The Hall–Kier alpha value is -0.876. The Bertz CT molecular complexity index is 992. The van der Waals surface area contributed by atoms with Crippen molar-refractivity contribution in [3.8, 4) is 0 Å². The van der Waals surface area contributed by atoms with E-state index < -0.39 is 16.6 Å². The van der Waals surface area contributed by atoms with Crippen LogP contribution >= 0.6 is 11.8 Å². The third-order valence-electron chi connectivity index (χ3n) is 9.86. The standard InChI is InChI=1S/C36H68O6SSi2/c1-15-16-20-27(2)25-29(41-44(11,12)35(4,5)6)22-23-30-31(42-45(13,14)36(7,8)9)26-32(40-28(3)37)34(30)43-24-19-17-18-21-33(38)39-10/h22-23,27,29-31H,15-21,24-26H2,1-14H3/b23-22+/t27-,29-,30+,31-/m1/s1. The molecule has 45 heavy (non-hydrogen) atoms. The van der Waals surface area contributed by atoms with Crippen molar-refractivity contribution in [1.29, 1.82) is 0 Å². The Kier molecular flexibility index (Phi) is 17.4. The highest BCUT2D eigenvalue weighted by molar-refractivity contribution is 8.03. The molecule has 0 heterocycles. The maximum atomic E-state index is 12.3. The molecule has 0 aliphatic heterocycles. The molecule has 0 aromatic carbocycles. The van der Waals surface area contributed by atoms with Gasteiger partial charge in [0.15, 0.2) is 16.6 Å². The third-order valence-corrected chi connectivity index (χ3v) is 20.2. The Labute approximate surface area is 283 Å². The lowest BCUT2D eigenvalue weighted by Crippen LogP contribution is -2.45. The smallest absolute Gasteiger partial charge is 0.307 e. The molecular weight excluding hydrogens is 617 g/mol. The van der Waals surface area contributed by atoms with Crippen LogP contribution < -0.4 is 0 Å². The van der Waals surface area contributed by atoms with Gasteiger partial charge in [0, 0.05) is 30.6 Å². The van der Waals surface area contributed by atoms with Crippen molar-refractivity contribution in [2.75, 3.05) is 12.9 Å². The minimum atomic E-state index is -2.11. The summed E-state index contributed by atoms with van der Waals surface area (Å²) in [6.45, 7) is 29.1. The molecule has 0 unspecified atom stereocenters. The monoisotopic (exact) mass is 684 g/mol. The number of ether oxygens (including phenoxy) is 2. The average molecular weight is 685 g/mol. The molecule has 1 aliphatic rings. The number of hydrogen-bond acceptors (Lipinski definition) is 7. The second-order valence-corrected chi connectivity index (χ2v) is 26.7. The van der Waals surface area contributed by atoms with Crippen LogP contribution in [-0.4, -0.2) is 53.6 Å². The summed E-state index contributed by atoms with van der Waals surface area (Å²) in [6, 6.07) is 0. The van der Waals surface area contributed by atoms with Gasteiger partial charge in [-0.25, -0.2) is 0 Å². The van der Waals surface area contributed by atoms with Gasteiger partial charge in [0.25, 0.3) is 0 Å². The number of carbonyl (C=O) groups excluding carboxylic acids is 2. The fourth-order valence-corrected chi connectivity index (χ4v) is 8.86. The van der Waals surface area contributed by atoms with Crippen molar-refractivity contribution < 1.29 is 27.9 Å². The molecule has 262 valence electrons. The van der Waals surface area contributed by atoms with Crippen LogP contribution in [0, 0.1) is 11.8 Å². The molecule has 0 bridgehead atoms. The predicted molar refractivity (Wildman–Crippen MR) is 196 cm³/mol. The molecule has 0 aromatic rings.